The lowest BCUT2D eigenvalue weighted by Gasteiger charge is -1.79. The fourth-order valence-corrected chi connectivity index (χ4v) is 0.0707. The Bertz CT molecular complexity index is 106. The van der Waals surface area contributed by atoms with Gasteiger partial charge in [-0.3, -0.25) is 0 Å². The molecule has 66 valence electrons. The summed E-state index contributed by atoms with van der Waals surface area (Å²) < 4.78 is 0. The molecule has 0 aromatic rings. The molecule has 3 N–H and O–H groups in total. The first-order valence-electron chi connectivity index (χ1n) is 3.16. The lowest BCUT2D eigenvalue weighted by atomic mass is 10.4. The van der Waals surface area contributed by atoms with Crippen molar-refractivity contribution in [3.8, 4) is 0 Å². The third-order valence-electron chi connectivity index (χ3n) is 0.681. The first-order valence-corrected chi connectivity index (χ1v) is 3.16. The van der Waals surface area contributed by atoms with Crippen LogP contribution >= 0.6 is 0 Å². The smallest absolute Gasteiger partial charge is 0.330 e. The Hall–Kier alpha value is -0.870. The highest BCUT2D eigenvalue weighted by molar-refractivity contribution is 5.84. The summed E-state index contributed by atoms with van der Waals surface area (Å²) in [6.07, 6.45) is 0.500. The van der Waals surface area contributed by atoms with Crippen LogP contribution < -0.4 is 0 Å². The van der Waals surface area contributed by atoms with Crippen LogP contribution in [0.5, 0.6) is 0 Å². The van der Waals surface area contributed by atoms with Crippen LogP contribution in [-0.4, -0.2) is 34.5 Å². The van der Waals surface area contributed by atoms with Crippen LogP contribution in [0.25, 0.3) is 0 Å². The summed E-state index contributed by atoms with van der Waals surface area (Å²) in [5.41, 5.74) is 0.176. The average molecular weight is 162 g/mol. The molecular formula is C7H14O4. The third kappa shape index (κ3) is 17.6. The monoisotopic (exact) mass is 162 g/mol. The van der Waals surface area contributed by atoms with Crippen molar-refractivity contribution in [3.63, 3.8) is 0 Å². The molecular weight excluding hydrogens is 148 g/mol. The number of rotatable bonds is 3. The first kappa shape index (κ1) is 12.8. The van der Waals surface area contributed by atoms with Crippen molar-refractivity contribution in [1.82, 2.24) is 0 Å². The second-order valence-corrected chi connectivity index (χ2v) is 1.89. The van der Waals surface area contributed by atoms with Crippen LogP contribution in [0.1, 0.15) is 13.3 Å². The number of carboxylic acids is 1. The largest absolute Gasteiger partial charge is 0.478 e. The molecule has 0 spiro atoms. The van der Waals surface area contributed by atoms with Gasteiger partial charge in [0.1, 0.15) is 0 Å². The average Bonchev–Trinajstić information content (AvgIpc) is 1.90. The third-order valence-corrected chi connectivity index (χ3v) is 0.681. The molecule has 0 heterocycles. The fourth-order valence-electron chi connectivity index (χ4n) is 0.0707. The number of carboxylic acid groups (broad SMARTS) is 1. The Morgan fingerprint density at radius 3 is 1.64 bits per heavy atom. The zero-order valence-electron chi connectivity index (χ0n) is 6.58. The molecule has 0 saturated carbocycles. The zero-order chi connectivity index (χ0) is 9.28. The van der Waals surface area contributed by atoms with E-state index < -0.39 is 5.97 Å². The minimum absolute atomic E-state index is 0.0938. The summed E-state index contributed by atoms with van der Waals surface area (Å²) in [5, 5.41) is 23.7. The molecule has 0 rings (SSSR count). The van der Waals surface area contributed by atoms with E-state index >= 15 is 0 Å². The van der Waals surface area contributed by atoms with E-state index in [0.717, 1.165) is 0 Å². The van der Waals surface area contributed by atoms with E-state index in [4.69, 9.17) is 15.3 Å². The molecule has 0 atom stereocenters. The Morgan fingerprint density at radius 1 is 1.36 bits per heavy atom. The highest BCUT2D eigenvalue weighted by Crippen LogP contribution is 1.81. The second-order valence-electron chi connectivity index (χ2n) is 1.89. The highest BCUT2D eigenvalue weighted by Gasteiger charge is 1.90. The van der Waals surface area contributed by atoms with Crippen LogP contribution in [0.4, 0.5) is 0 Å². The van der Waals surface area contributed by atoms with Gasteiger partial charge in [0.15, 0.2) is 0 Å². The molecule has 0 aliphatic rings. The van der Waals surface area contributed by atoms with Crippen LogP contribution in [0.15, 0.2) is 12.2 Å². The van der Waals surface area contributed by atoms with E-state index in [2.05, 4.69) is 6.58 Å². The topological polar surface area (TPSA) is 77.8 Å². The van der Waals surface area contributed by atoms with Gasteiger partial charge in [0.2, 0.25) is 0 Å². The molecule has 0 saturated heterocycles. The summed E-state index contributed by atoms with van der Waals surface area (Å²) >= 11 is 0. The summed E-state index contributed by atoms with van der Waals surface area (Å²) in [6, 6.07) is 0. The minimum Gasteiger partial charge on any atom is -0.478 e. The zero-order valence-corrected chi connectivity index (χ0v) is 6.58. The molecule has 0 aromatic heterocycles. The van der Waals surface area contributed by atoms with Gasteiger partial charge in [-0.05, 0) is 13.3 Å². The SMILES string of the molecule is C=C(C)C(=O)O.OCCCO. The molecule has 0 aliphatic heterocycles. The van der Waals surface area contributed by atoms with Gasteiger partial charge in [0.25, 0.3) is 0 Å². The van der Waals surface area contributed by atoms with Gasteiger partial charge < -0.3 is 15.3 Å². The predicted molar refractivity (Wildman–Crippen MR) is 41.2 cm³/mol. The lowest BCUT2D eigenvalue weighted by molar-refractivity contribution is -0.132. The van der Waals surface area contributed by atoms with Gasteiger partial charge in [-0.2, -0.15) is 0 Å². The Morgan fingerprint density at radius 2 is 1.64 bits per heavy atom. The molecule has 0 aromatic carbocycles. The molecule has 4 heteroatoms. The van der Waals surface area contributed by atoms with E-state index in [1.54, 1.807) is 0 Å². The van der Waals surface area contributed by atoms with E-state index in [0.29, 0.717) is 6.42 Å². The van der Waals surface area contributed by atoms with Crippen LogP contribution in [0.3, 0.4) is 0 Å². The van der Waals surface area contributed by atoms with E-state index in [1.807, 2.05) is 0 Å². The number of aliphatic carboxylic acids is 1. The second kappa shape index (κ2) is 9.13. The molecule has 0 amide bonds. The molecule has 0 radical (unpaired) electrons. The highest BCUT2D eigenvalue weighted by atomic mass is 16.4. The number of aliphatic hydroxyl groups excluding tert-OH is 2. The van der Waals surface area contributed by atoms with Crippen LogP contribution in [0.2, 0.25) is 0 Å². The van der Waals surface area contributed by atoms with Crippen molar-refractivity contribution in [2.75, 3.05) is 13.2 Å². The van der Waals surface area contributed by atoms with Gasteiger partial charge in [0.05, 0.1) is 0 Å². The number of carbonyl (C=O) groups is 1. The van der Waals surface area contributed by atoms with Crippen LogP contribution in [-0.2, 0) is 4.79 Å². The summed E-state index contributed by atoms with van der Waals surface area (Å²) in [5.74, 6) is -0.935. The van der Waals surface area contributed by atoms with Crippen molar-refractivity contribution < 1.29 is 20.1 Å². The van der Waals surface area contributed by atoms with E-state index in [1.165, 1.54) is 6.92 Å². The number of hydrogen-bond donors (Lipinski definition) is 3. The Balaban J connectivity index is 0. The Kier molecular flexibility index (Phi) is 10.6. The fraction of sp³-hybridized carbons (Fsp3) is 0.571. The van der Waals surface area contributed by atoms with Crippen molar-refractivity contribution in [1.29, 1.82) is 0 Å². The molecule has 0 bridgehead atoms. The molecule has 11 heavy (non-hydrogen) atoms. The predicted octanol–water partition coefficient (Wildman–Crippen LogP) is 0.00820. The van der Waals surface area contributed by atoms with Crippen molar-refractivity contribution in [2.45, 2.75) is 13.3 Å². The molecule has 4 nitrogen and oxygen atoms in total. The maximum Gasteiger partial charge on any atom is 0.330 e. The Labute approximate surface area is 65.8 Å². The van der Waals surface area contributed by atoms with Crippen molar-refractivity contribution in [3.05, 3.63) is 12.2 Å². The summed E-state index contributed by atoms with van der Waals surface area (Å²) in [6.45, 7) is 4.79. The molecule has 0 unspecified atom stereocenters. The number of aliphatic hydroxyl groups is 2. The van der Waals surface area contributed by atoms with Crippen molar-refractivity contribution in [2.24, 2.45) is 0 Å². The maximum atomic E-state index is 9.60. The van der Waals surface area contributed by atoms with Gasteiger partial charge in [-0.1, -0.05) is 6.58 Å². The van der Waals surface area contributed by atoms with E-state index in [-0.39, 0.29) is 18.8 Å². The summed E-state index contributed by atoms with van der Waals surface area (Å²) in [4.78, 5) is 9.60. The molecule has 0 aliphatic carbocycles. The van der Waals surface area contributed by atoms with Crippen molar-refractivity contribution >= 4 is 5.97 Å². The van der Waals surface area contributed by atoms with Gasteiger partial charge in [0, 0.05) is 18.8 Å². The number of hydrogen-bond acceptors (Lipinski definition) is 3. The lowest BCUT2D eigenvalue weighted by Crippen LogP contribution is -1.92. The van der Waals surface area contributed by atoms with Crippen LogP contribution in [0, 0.1) is 0 Å². The normalized spacial score (nSPS) is 7.91. The van der Waals surface area contributed by atoms with E-state index in [9.17, 15) is 4.79 Å². The standard InChI is InChI=1S/C4H6O2.C3H8O2/c1-3(2)4(5)6;4-2-1-3-5/h1H2,2H3,(H,5,6);4-5H,1-3H2. The van der Waals surface area contributed by atoms with Gasteiger partial charge in [-0.25, -0.2) is 4.79 Å². The summed E-state index contributed by atoms with van der Waals surface area (Å²) in [7, 11) is 0. The van der Waals surface area contributed by atoms with Gasteiger partial charge in [-0.15, -0.1) is 0 Å². The first-order chi connectivity index (χ1) is 5.06. The molecule has 0 fully saturated rings. The minimum atomic E-state index is -0.935. The quantitative estimate of drug-likeness (QED) is 0.511. The maximum absolute atomic E-state index is 9.60. The van der Waals surface area contributed by atoms with Gasteiger partial charge >= 0.3 is 5.97 Å².